The predicted octanol–water partition coefficient (Wildman–Crippen LogP) is 3.09. The van der Waals surface area contributed by atoms with E-state index in [1.54, 1.807) is 18.1 Å². The van der Waals surface area contributed by atoms with E-state index in [0.717, 1.165) is 16.8 Å². The van der Waals surface area contributed by atoms with Gasteiger partial charge in [-0.3, -0.25) is 4.79 Å². The second kappa shape index (κ2) is 5.81. The Kier molecular flexibility index (Phi) is 3.86. The Morgan fingerprint density at radius 1 is 1.27 bits per heavy atom. The van der Waals surface area contributed by atoms with Gasteiger partial charge in [-0.25, -0.2) is 0 Å². The summed E-state index contributed by atoms with van der Waals surface area (Å²) < 4.78 is 5.21. The van der Waals surface area contributed by atoms with Crippen LogP contribution >= 0.6 is 0 Å². The van der Waals surface area contributed by atoms with Crippen molar-refractivity contribution >= 4 is 11.6 Å². The van der Waals surface area contributed by atoms with Gasteiger partial charge in [-0.05, 0) is 43.7 Å². The van der Waals surface area contributed by atoms with Gasteiger partial charge in [0, 0.05) is 17.7 Å². The fourth-order valence-corrected chi connectivity index (χ4v) is 2.84. The SMILES string of the molecule is COc1ccc2c(c1)C(O)CCN2C(=O)c1cccc(C)c1. The number of methoxy groups -OCH3 is 1. The van der Waals surface area contributed by atoms with Gasteiger partial charge in [0.05, 0.1) is 18.9 Å². The van der Waals surface area contributed by atoms with Crippen molar-refractivity contribution in [3.8, 4) is 5.75 Å². The van der Waals surface area contributed by atoms with Gasteiger partial charge in [0.15, 0.2) is 0 Å². The topological polar surface area (TPSA) is 49.8 Å². The molecule has 0 aliphatic carbocycles. The molecule has 1 amide bonds. The summed E-state index contributed by atoms with van der Waals surface area (Å²) in [5, 5.41) is 10.2. The van der Waals surface area contributed by atoms with E-state index < -0.39 is 6.10 Å². The van der Waals surface area contributed by atoms with Crippen LogP contribution in [0.3, 0.4) is 0 Å². The summed E-state index contributed by atoms with van der Waals surface area (Å²) in [5.74, 6) is 0.643. The maximum Gasteiger partial charge on any atom is 0.258 e. The van der Waals surface area contributed by atoms with Crippen LogP contribution in [0.25, 0.3) is 0 Å². The van der Waals surface area contributed by atoms with Crippen LogP contribution in [0.15, 0.2) is 42.5 Å². The van der Waals surface area contributed by atoms with E-state index >= 15 is 0 Å². The van der Waals surface area contributed by atoms with E-state index in [4.69, 9.17) is 4.74 Å². The van der Waals surface area contributed by atoms with Crippen LogP contribution in [0, 0.1) is 6.92 Å². The van der Waals surface area contributed by atoms with Crippen molar-refractivity contribution in [3.63, 3.8) is 0 Å². The first-order valence-corrected chi connectivity index (χ1v) is 7.34. The number of nitrogens with zero attached hydrogens (tertiary/aromatic N) is 1. The molecule has 2 aromatic rings. The molecule has 114 valence electrons. The Hall–Kier alpha value is -2.33. The van der Waals surface area contributed by atoms with Crippen LogP contribution in [0.2, 0.25) is 0 Å². The third-order valence-electron chi connectivity index (χ3n) is 4.02. The molecule has 0 saturated carbocycles. The number of hydrogen-bond donors (Lipinski definition) is 1. The highest BCUT2D eigenvalue weighted by Crippen LogP contribution is 2.36. The van der Waals surface area contributed by atoms with Crippen LogP contribution in [0.1, 0.15) is 34.0 Å². The standard InChI is InChI=1S/C18H19NO3/c1-12-4-3-5-13(10-12)18(21)19-9-8-17(20)15-11-14(22-2)6-7-16(15)19/h3-7,10-11,17,20H,8-9H2,1-2H3. The second-order valence-electron chi connectivity index (χ2n) is 5.56. The number of fused-ring (bicyclic) bond motifs is 1. The molecule has 1 aliphatic rings. The maximum atomic E-state index is 12.8. The summed E-state index contributed by atoms with van der Waals surface area (Å²) in [4.78, 5) is 14.5. The normalized spacial score (nSPS) is 17.0. The summed E-state index contributed by atoms with van der Waals surface area (Å²) in [5.41, 5.74) is 3.22. The number of hydrogen-bond acceptors (Lipinski definition) is 3. The third-order valence-corrected chi connectivity index (χ3v) is 4.02. The fourth-order valence-electron chi connectivity index (χ4n) is 2.84. The number of rotatable bonds is 2. The Labute approximate surface area is 130 Å². The highest BCUT2D eigenvalue weighted by Gasteiger charge is 2.28. The van der Waals surface area contributed by atoms with Crippen molar-refractivity contribution in [2.24, 2.45) is 0 Å². The molecule has 4 nitrogen and oxygen atoms in total. The lowest BCUT2D eigenvalue weighted by atomic mass is 9.97. The molecule has 22 heavy (non-hydrogen) atoms. The van der Waals surface area contributed by atoms with Gasteiger partial charge in [-0.15, -0.1) is 0 Å². The molecule has 0 saturated heterocycles. The van der Waals surface area contributed by atoms with E-state index in [-0.39, 0.29) is 5.91 Å². The number of carbonyl (C=O) groups excluding carboxylic acids is 1. The smallest absolute Gasteiger partial charge is 0.258 e. The molecule has 2 aromatic carbocycles. The number of benzene rings is 2. The number of ether oxygens (including phenoxy) is 1. The van der Waals surface area contributed by atoms with Gasteiger partial charge in [0.25, 0.3) is 5.91 Å². The molecule has 1 N–H and O–H groups in total. The molecule has 0 radical (unpaired) electrons. The lowest BCUT2D eigenvalue weighted by molar-refractivity contribution is 0.0970. The van der Waals surface area contributed by atoms with Crippen LogP contribution in [0.4, 0.5) is 5.69 Å². The van der Waals surface area contributed by atoms with Gasteiger partial charge in [0.1, 0.15) is 5.75 Å². The fraction of sp³-hybridized carbons (Fsp3) is 0.278. The number of aliphatic hydroxyl groups is 1. The molecule has 4 heteroatoms. The van der Waals surface area contributed by atoms with E-state index in [1.807, 2.05) is 43.3 Å². The minimum atomic E-state index is -0.563. The average molecular weight is 297 g/mol. The summed E-state index contributed by atoms with van der Waals surface area (Å²) >= 11 is 0. The van der Waals surface area contributed by atoms with E-state index in [9.17, 15) is 9.90 Å². The zero-order valence-electron chi connectivity index (χ0n) is 12.7. The van der Waals surface area contributed by atoms with Crippen molar-refractivity contribution in [2.45, 2.75) is 19.4 Å². The van der Waals surface area contributed by atoms with Crippen LogP contribution in [-0.2, 0) is 0 Å². The van der Waals surface area contributed by atoms with Gasteiger partial charge >= 0.3 is 0 Å². The summed E-state index contributed by atoms with van der Waals surface area (Å²) in [6.07, 6.45) is -0.0378. The molecular weight excluding hydrogens is 278 g/mol. The number of aliphatic hydroxyl groups excluding tert-OH is 1. The lowest BCUT2D eigenvalue weighted by Gasteiger charge is -2.32. The van der Waals surface area contributed by atoms with Crippen molar-refractivity contribution in [1.82, 2.24) is 0 Å². The first-order chi connectivity index (χ1) is 10.6. The molecule has 1 atom stereocenters. The van der Waals surface area contributed by atoms with Crippen molar-refractivity contribution in [2.75, 3.05) is 18.6 Å². The average Bonchev–Trinajstić information content (AvgIpc) is 2.54. The second-order valence-corrected chi connectivity index (χ2v) is 5.56. The minimum absolute atomic E-state index is 0.0398. The molecule has 0 bridgehead atoms. The largest absolute Gasteiger partial charge is 0.497 e. The minimum Gasteiger partial charge on any atom is -0.497 e. The zero-order chi connectivity index (χ0) is 15.7. The van der Waals surface area contributed by atoms with E-state index in [2.05, 4.69) is 0 Å². The van der Waals surface area contributed by atoms with E-state index in [1.165, 1.54) is 0 Å². The van der Waals surface area contributed by atoms with Crippen LogP contribution in [0.5, 0.6) is 5.75 Å². The molecular formula is C18H19NO3. The van der Waals surface area contributed by atoms with Crippen molar-refractivity contribution in [1.29, 1.82) is 0 Å². The molecule has 0 spiro atoms. The van der Waals surface area contributed by atoms with Gasteiger partial charge in [0.2, 0.25) is 0 Å². The molecule has 3 rings (SSSR count). The van der Waals surface area contributed by atoms with Crippen LogP contribution in [-0.4, -0.2) is 24.7 Å². The molecule has 0 fully saturated rings. The van der Waals surface area contributed by atoms with Crippen LogP contribution < -0.4 is 9.64 Å². The Morgan fingerprint density at radius 3 is 2.82 bits per heavy atom. The quantitative estimate of drug-likeness (QED) is 0.926. The zero-order valence-corrected chi connectivity index (χ0v) is 12.7. The first kappa shape index (κ1) is 14.6. The number of amides is 1. The number of aryl methyl sites for hydroxylation is 1. The number of carbonyl (C=O) groups is 1. The molecule has 1 aliphatic heterocycles. The molecule has 1 unspecified atom stereocenters. The first-order valence-electron chi connectivity index (χ1n) is 7.34. The highest BCUT2D eigenvalue weighted by molar-refractivity contribution is 6.07. The van der Waals surface area contributed by atoms with E-state index in [0.29, 0.717) is 24.3 Å². The van der Waals surface area contributed by atoms with Gasteiger partial charge < -0.3 is 14.7 Å². The molecule has 0 aromatic heterocycles. The summed E-state index contributed by atoms with van der Waals surface area (Å²) in [6, 6.07) is 13.0. The Balaban J connectivity index is 2.00. The molecule has 1 heterocycles. The van der Waals surface area contributed by atoms with Crippen molar-refractivity contribution < 1.29 is 14.6 Å². The third kappa shape index (κ3) is 2.57. The number of anilines is 1. The van der Waals surface area contributed by atoms with Crippen molar-refractivity contribution in [3.05, 3.63) is 59.2 Å². The van der Waals surface area contributed by atoms with Gasteiger partial charge in [-0.2, -0.15) is 0 Å². The Bertz CT molecular complexity index is 711. The predicted molar refractivity (Wildman–Crippen MR) is 85.4 cm³/mol. The highest BCUT2D eigenvalue weighted by atomic mass is 16.5. The summed E-state index contributed by atoms with van der Waals surface area (Å²) in [7, 11) is 1.59. The van der Waals surface area contributed by atoms with Gasteiger partial charge in [-0.1, -0.05) is 17.7 Å². The monoisotopic (exact) mass is 297 g/mol. The Morgan fingerprint density at radius 2 is 2.09 bits per heavy atom. The lowest BCUT2D eigenvalue weighted by Crippen LogP contribution is -2.36. The summed E-state index contributed by atoms with van der Waals surface area (Å²) in [6.45, 7) is 2.48. The maximum absolute atomic E-state index is 12.8.